The third kappa shape index (κ3) is 3.47. The fourth-order valence-electron chi connectivity index (χ4n) is 2.53. The van der Waals surface area contributed by atoms with Gasteiger partial charge in [0.25, 0.3) is 0 Å². The number of carbonyl (C=O) groups excluding carboxylic acids is 1. The summed E-state index contributed by atoms with van der Waals surface area (Å²) < 4.78 is 0. The van der Waals surface area contributed by atoms with Gasteiger partial charge in [-0.1, -0.05) is 12.8 Å². The first-order valence-corrected chi connectivity index (χ1v) is 6.49. The lowest BCUT2D eigenvalue weighted by atomic mass is 10.0. The molecule has 1 aromatic carbocycles. The summed E-state index contributed by atoms with van der Waals surface area (Å²) in [6, 6.07) is 4.47. The number of anilines is 2. The van der Waals surface area contributed by atoms with E-state index in [1.54, 1.807) is 6.07 Å². The summed E-state index contributed by atoms with van der Waals surface area (Å²) in [7, 11) is 0. The highest BCUT2D eigenvalue weighted by atomic mass is 16.4. The predicted molar refractivity (Wildman–Crippen MR) is 73.0 cm³/mol. The van der Waals surface area contributed by atoms with Crippen LogP contribution in [0.2, 0.25) is 0 Å². The van der Waals surface area contributed by atoms with Crippen LogP contribution in [-0.2, 0) is 4.79 Å². The molecule has 1 amide bonds. The minimum Gasteiger partial charge on any atom is -0.478 e. The molecule has 1 aliphatic carbocycles. The van der Waals surface area contributed by atoms with Gasteiger partial charge in [-0.05, 0) is 37.0 Å². The van der Waals surface area contributed by atoms with Gasteiger partial charge in [-0.15, -0.1) is 0 Å². The largest absolute Gasteiger partial charge is 0.478 e. The number of benzene rings is 1. The molecule has 2 rings (SSSR count). The summed E-state index contributed by atoms with van der Waals surface area (Å²) in [5.74, 6) is -0.787. The van der Waals surface area contributed by atoms with E-state index < -0.39 is 5.97 Å². The van der Waals surface area contributed by atoms with E-state index in [0.717, 1.165) is 12.8 Å². The molecule has 0 bridgehead atoms. The number of rotatable bonds is 4. The molecule has 0 saturated heterocycles. The molecule has 5 heteroatoms. The minimum atomic E-state index is -1.09. The van der Waals surface area contributed by atoms with Crippen molar-refractivity contribution >= 4 is 23.3 Å². The Kier molecular flexibility index (Phi) is 4.04. The summed E-state index contributed by atoms with van der Waals surface area (Å²) >= 11 is 0. The average Bonchev–Trinajstić information content (AvgIpc) is 2.83. The molecule has 0 spiro atoms. The fourth-order valence-corrected chi connectivity index (χ4v) is 2.53. The van der Waals surface area contributed by atoms with Crippen LogP contribution in [0.5, 0.6) is 0 Å². The zero-order chi connectivity index (χ0) is 13.8. The van der Waals surface area contributed by atoms with Crippen molar-refractivity contribution in [3.05, 3.63) is 23.8 Å². The zero-order valence-electron chi connectivity index (χ0n) is 10.7. The van der Waals surface area contributed by atoms with Crippen LogP contribution in [0, 0.1) is 5.92 Å². The Morgan fingerprint density at radius 1 is 1.32 bits per heavy atom. The maximum atomic E-state index is 11.9. The topological polar surface area (TPSA) is 92.4 Å². The van der Waals surface area contributed by atoms with Crippen LogP contribution in [-0.4, -0.2) is 17.0 Å². The molecule has 1 fully saturated rings. The summed E-state index contributed by atoms with van der Waals surface area (Å²) in [5, 5.41) is 11.8. The lowest BCUT2D eigenvalue weighted by Crippen LogP contribution is -2.17. The summed E-state index contributed by atoms with van der Waals surface area (Å²) in [4.78, 5) is 23.0. The van der Waals surface area contributed by atoms with E-state index in [0.29, 0.717) is 23.7 Å². The number of carbonyl (C=O) groups is 2. The van der Waals surface area contributed by atoms with E-state index in [1.807, 2.05) is 0 Å². The van der Waals surface area contributed by atoms with Crippen molar-refractivity contribution in [1.29, 1.82) is 0 Å². The molecule has 4 N–H and O–H groups in total. The summed E-state index contributed by atoms with van der Waals surface area (Å²) in [6.07, 6.45) is 4.99. The number of carboxylic acids is 1. The van der Waals surface area contributed by atoms with Gasteiger partial charge in [-0.3, -0.25) is 4.79 Å². The van der Waals surface area contributed by atoms with Crippen LogP contribution < -0.4 is 11.1 Å². The maximum absolute atomic E-state index is 11.9. The number of nitrogen functional groups attached to an aromatic ring is 1. The van der Waals surface area contributed by atoms with Crippen LogP contribution in [0.25, 0.3) is 0 Å². The number of nitrogens with one attached hydrogen (secondary N) is 1. The molecule has 1 aromatic rings. The normalized spacial score (nSPS) is 15.4. The van der Waals surface area contributed by atoms with Crippen molar-refractivity contribution < 1.29 is 14.7 Å². The molecule has 19 heavy (non-hydrogen) atoms. The molecule has 0 atom stereocenters. The van der Waals surface area contributed by atoms with Crippen LogP contribution in [0.1, 0.15) is 42.5 Å². The van der Waals surface area contributed by atoms with E-state index >= 15 is 0 Å². The van der Waals surface area contributed by atoms with Crippen molar-refractivity contribution in [1.82, 2.24) is 0 Å². The summed E-state index contributed by atoms with van der Waals surface area (Å²) in [5.41, 5.74) is 6.26. The van der Waals surface area contributed by atoms with Gasteiger partial charge in [0.2, 0.25) is 5.91 Å². The first kappa shape index (κ1) is 13.4. The van der Waals surface area contributed by atoms with Gasteiger partial charge < -0.3 is 16.2 Å². The van der Waals surface area contributed by atoms with Gasteiger partial charge in [-0.25, -0.2) is 4.79 Å². The average molecular weight is 262 g/mol. The molecule has 0 aromatic heterocycles. The van der Waals surface area contributed by atoms with Crippen LogP contribution >= 0.6 is 0 Å². The lowest BCUT2D eigenvalue weighted by Gasteiger charge is -2.11. The third-order valence-corrected chi connectivity index (χ3v) is 3.50. The molecule has 0 radical (unpaired) electrons. The van der Waals surface area contributed by atoms with Crippen LogP contribution in [0.3, 0.4) is 0 Å². The minimum absolute atomic E-state index is 0.0276. The number of hydrogen-bond acceptors (Lipinski definition) is 3. The predicted octanol–water partition coefficient (Wildman–Crippen LogP) is 2.49. The Balaban J connectivity index is 2.05. The van der Waals surface area contributed by atoms with Crippen molar-refractivity contribution in [2.45, 2.75) is 32.1 Å². The van der Waals surface area contributed by atoms with Gasteiger partial charge in [0.1, 0.15) is 0 Å². The van der Waals surface area contributed by atoms with Crippen molar-refractivity contribution in [3.63, 3.8) is 0 Å². The molecule has 0 aliphatic heterocycles. The highest BCUT2D eigenvalue weighted by Gasteiger charge is 2.19. The Labute approximate surface area is 111 Å². The Morgan fingerprint density at radius 3 is 2.63 bits per heavy atom. The zero-order valence-corrected chi connectivity index (χ0v) is 10.7. The maximum Gasteiger partial charge on any atom is 0.337 e. The molecular formula is C14H18N2O3. The second kappa shape index (κ2) is 5.73. The van der Waals surface area contributed by atoms with Gasteiger partial charge >= 0.3 is 5.97 Å². The van der Waals surface area contributed by atoms with Crippen molar-refractivity contribution in [2.75, 3.05) is 11.1 Å². The molecule has 1 aliphatic rings. The Bertz CT molecular complexity index is 493. The molecule has 5 nitrogen and oxygen atoms in total. The van der Waals surface area contributed by atoms with Gasteiger partial charge in [0.15, 0.2) is 0 Å². The van der Waals surface area contributed by atoms with Gasteiger partial charge in [-0.2, -0.15) is 0 Å². The lowest BCUT2D eigenvalue weighted by molar-refractivity contribution is -0.117. The quantitative estimate of drug-likeness (QED) is 0.727. The molecular weight excluding hydrogens is 244 g/mol. The Hall–Kier alpha value is -2.04. The van der Waals surface area contributed by atoms with Crippen LogP contribution in [0.4, 0.5) is 11.4 Å². The van der Waals surface area contributed by atoms with E-state index in [1.165, 1.54) is 25.0 Å². The highest BCUT2D eigenvalue weighted by Crippen LogP contribution is 2.28. The van der Waals surface area contributed by atoms with Crippen molar-refractivity contribution in [3.8, 4) is 0 Å². The van der Waals surface area contributed by atoms with Crippen molar-refractivity contribution in [2.24, 2.45) is 5.92 Å². The highest BCUT2D eigenvalue weighted by molar-refractivity contribution is 6.01. The number of hydrogen-bond donors (Lipinski definition) is 3. The van der Waals surface area contributed by atoms with E-state index in [-0.39, 0.29) is 11.5 Å². The van der Waals surface area contributed by atoms with E-state index in [2.05, 4.69) is 5.32 Å². The number of carboxylic acid groups (broad SMARTS) is 1. The standard InChI is InChI=1S/C14H18N2O3/c15-10-5-6-12(11(8-10)14(18)19)16-13(17)7-9-3-1-2-4-9/h5-6,8-9H,1-4,7,15H2,(H,16,17)(H,18,19). The molecule has 102 valence electrons. The van der Waals surface area contributed by atoms with Gasteiger partial charge in [0.05, 0.1) is 11.3 Å². The van der Waals surface area contributed by atoms with Crippen LogP contribution in [0.15, 0.2) is 18.2 Å². The number of nitrogens with two attached hydrogens (primary N) is 1. The fraction of sp³-hybridized carbons (Fsp3) is 0.429. The Morgan fingerprint density at radius 2 is 2.00 bits per heavy atom. The first-order valence-electron chi connectivity index (χ1n) is 6.49. The molecule has 0 heterocycles. The molecule has 0 unspecified atom stereocenters. The summed E-state index contributed by atoms with van der Waals surface area (Å²) in [6.45, 7) is 0. The second-order valence-electron chi connectivity index (χ2n) is 5.01. The van der Waals surface area contributed by atoms with E-state index in [9.17, 15) is 9.59 Å². The molecule has 1 saturated carbocycles. The number of aromatic carboxylic acids is 1. The first-order chi connectivity index (χ1) is 9.06. The monoisotopic (exact) mass is 262 g/mol. The number of amides is 1. The SMILES string of the molecule is Nc1ccc(NC(=O)CC2CCCC2)c(C(=O)O)c1. The smallest absolute Gasteiger partial charge is 0.337 e. The van der Waals surface area contributed by atoms with Gasteiger partial charge in [0, 0.05) is 12.1 Å². The second-order valence-corrected chi connectivity index (χ2v) is 5.01. The third-order valence-electron chi connectivity index (χ3n) is 3.50. The van der Waals surface area contributed by atoms with E-state index in [4.69, 9.17) is 10.8 Å².